The Morgan fingerprint density at radius 2 is 0.780 bits per heavy atom. The van der Waals surface area contributed by atoms with Gasteiger partial charge in [0.2, 0.25) is 0 Å². The summed E-state index contributed by atoms with van der Waals surface area (Å²) in [6.45, 7) is 19.7. The number of ether oxygens (including phenoxy) is 1. The normalized spacial score (nSPS) is 18.8. The molecule has 3 aromatic carbocycles. The van der Waals surface area contributed by atoms with Crippen molar-refractivity contribution in [3.63, 3.8) is 0 Å². The van der Waals surface area contributed by atoms with Gasteiger partial charge in [-0.25, -0.2) is 0 Å². The lowest BCUT2D eigenvalue weighted by atomic mass is 9.79. The van der Waals surface area contributed by atoms with Gasteiger partial charge in [0.25, 0.3) is 0 Å². The summed E-state index contributed by atoms with van der Waals surface area (Å²) in [6, 6.07) is 25.4. The van der Waals surface area contributed by atoms with Crippen LogP contribution in [-0.2, 0) is 18.6 Å². The number of nitrogens with zero attached hydrogens (tertiary/aromatic N) is 1. The quantitative estimate of drug-likeness (QED) is 0.104. The van der Waals surface area contributed by atoms with Gasteiger partial charge in [0, 0.05) is 17.1 Å². The molecule has 2 heterocycles. The van der Waals surface area contributed by atoms with E-state index in [0.29, 0.717) is 0 Å². The third kappa shape index (κ3) is 9.17. The van der Waals surface area contributed by atoms with Gasteiger partial charge in [-0.1, -0.05) is 89.0 Å². The molecule has 0 atom stereocenters. The third-order valence-electron chi connectivity index (χ3n) is 11.2. The van der Waals surface area contributed by atoms with Gasteiger partial charge < -0.3 is 28.3 Å². The van der Waals surface area contributed by atoms with Crippen LogP contribution in [0.25, 0.3) is 0 Å². The number of unbranched alkanes of at least 4 members (excludes halogenated alkanes) is 9. The van der Waals surface area contributed by atoms with E-state index in [1.54, 1.807) is 0 Å². The smallest absolute Gasteiger partial charge is 0.494 e. The summed E-state index contributed by atoms with van der Waals surface area (Å²) in [5.74, 6) is 0.900. The maximum Gasteiger partial charge on any atom is 0.494 e. The van der Waals surface area contributed by atoms with E-state index in [4.69, 9.17) is 23.4 Å². The Kier molecular flexibility index (Phi) is 12.5. The molecule has 2 saturated heterocycles. The molecule has 270 valence electrons. The lowest BCUT2D eigenvalue weighted by molar-refractivity contribution is 0.00578. The highest BCUT2D eigenvalue weighted by molar-refractivity contribution is 6.62. The Hall–Kier alpha value is -2.77. The topological polar surface area (TPSA) is 49.4 Å². The lowest BCUT2D eigenvalue weighted by Crippen LogP contribution is -2.41. The number of hydrogen-bond acceptors (Lipinski definition) is 6. The Bertz CT molecular complexity index is 1380. The Morgan fingerprint density at radius 3 is 1.14 bits per heavy atom. The molecule has 3 aromatic rings. The summed E-state index contributed by atoms with van der Waals surface area (Å²) in [7, 11) is -0.817. The maximum absolute atomic E-state index is 6.33. The van der Waals surface area contributed by atoms with Crippen molar-refractivity contribution < 1.29 is 23.4 Å². The number of hydrogen-bond donors (Lipinski definition) is 0. The molecule has 2 aliphatic heterocycles. The van der Waals surface area contributed by atoms with Crippen molar-refractivity contribution in [1.82, 2.24) is 0 Å². The number of rotatable bonds is 17. The summed E-state index contributed by atoms with van der Waals surface area (Å²) in [5, 5.41) is 0. The molecule has 0 spiro atoms. The van der Waals surface area contributed by atoms with E-state index < -0.39 is 36.6 Å². The van der Waals surface area contributed by atoms with Crippen molar-refractivity contribution >= 4 is 42.2 Å². The first kappa shape index (κ1) is 38.5. The summed E-state index contributed by atoms with van der Waals surface area (Å²) < 4.78 is 31.5. The molecular formula is C42H61B2NO5. The van der Waals surface area contributed by atoms with Crippen LogP contribution in [-0.4, -0.2) is 43.2 Å². The standard InChI is InChI=1S/C42H61B2NO5/c1-10-11-12-13-14-15-16-17-18-19-32-46-38-30-28-37(29-31-38)45(35-24-20-33(21-25-35)43-47-39(2,3)40(4,5)48-43)36-26-22-34(23-27-36)44-49-41(6,7)42(8,9)50-44/h20-31H,10-19,32H2,1-9H3. The molecule has 0 aliphatic carbocycles. The second-order valence-electron chi connectivity index (χ2n) is 16.2. The first-order chi connectivity index (χ1) is 23.7. The first-order valence-corrected chi connectivity index (χ1v) is 19.2. The van der Waals surface area contributed by atoms with Gasteiger partial charge in [-0.2, -0.15) is 0 Å². The minimum absolute atomic E-state index is 0.390. The predicted molar refractivity (Wildman–Crippen MR) is 210 cm³/mol. The molecule has 2 aliphatic rings. The fourth-order valence-corrected chi connectivity index (χ4v) is 6.44. The van der Waals surface area contributed by atoms with Crippen LogP contribution < -0.4 is 20.6 Å². The molecule has 2 fully saturated rings. The molecule has 0 radical (unpaired) electrons. The fourth-order valence-electron chi connectivity index (χ4n) is 6.44. The highest BCUT2D eigenvalue weighted by Crippen LogP contribution is 2.39. The third-order valence-corrected chi connectivity index (χ3v) is 11.2. The fraction of sp³-hybridized carbons (Fsp3) is 0.571. The van der Waals surface area contributed by atoms with Crippen molar-refractivity contribution in [1.29, 1.82) is 0 Å². The monoisotopic (exact) mass is 681 g/mol. The van der Waals surface area contributed by atoms with Crippen LogP contribution in [0.4, 0.5) is 17.1 Å². The van der Waals surface area contributed by atoms with E-state index in [1.807, 2.05) is 0 Å². The van der Waals surface area contributed by atoms with Gasteiger partial charge in [0.05, 0.1) is 29.0 Å². The van der Waals surface area contributed by atoms with Gasteiger partial charge in [0.15, 0.2) is 0 Å². The van der Waals surface area contributed by atoms with E-state index in [1.165, 1.54) is 57.8 Å². The Labute approximate surface area is 303 Å². The highest BCUT2D eigenvalue weighted by Gasteiger charge is 2.52. The van der Waals surface area contributed by atoms with Crippen molar-refractivity contribution in [3.8, 4) is 5.75 Å². The van der Waals surface area contributed by atoms with E-state index in [2.05, 4.69) is 140 Å². The second-order valence-corrected chi connectivity index (χ2v) is 16.2. The van der Waals surface area contributed by atoms with Gasteiger partial charge >= 0.3 is 14.2 Å². The summed E-state index contributed by atoms with van der Waals surface area (Å²) in [4.78, 5) is 2.26. The number of benzene rings is 3. The first-order valence-electron chi connectivity index (χ1n) is 19.2. The maximum atomic E-state index is 6.33. The van der Waals surface area contributed by atoms with Crippen molar-refractivity contribution in [2.45, 2.75) is 149 Å². The molecule has 0 amide bonds. The van der Waals surface area contributed by atoms with E-state index >= 15 is 0 Å². The van der Waals surface area contributed by atoms with Crippen molar-refractivity contribution in [2.75, 3.05) is 11.5 Å². The largest absolute Gasteiger partial charge is 0.494 e. The zero-order valence-electron chi connectivity index (χ0n) is 32.3. The predicted octanol–water partition coefficient (Wildman–Crippen LogP) is 10.1. The van der Waals surface area contributed by atoms with Crippen LogP contribution in [0.2, 0.25) is 0 Å². The highest BCUT2D eigenvalue weighted by atomic mass is 16.7. The molecular weight excluding hydrogens is 620 g/mol. The summed E-state index contributed by atoms with van der Waals surface area (Å²) in [5.41, 5.74) is 3.55. The Morgan fingerprint density at radius 1 is 0.460 bits per heavy atom. The lowest BCUT2D eigenvalue weighted by Gasteiger charge is -2.32. The van der Waals surface area contributed by atoms with Gasteiger partial charge in [0.1, 0.15) is 5.75 Å². The van der Waals surface area contributed by atoms with E-state index in [0.717, 1.165) is 46.8 Å². The molecule has 8 heteroatoms. The molecule has 0 saturated carbocycles. The zero-order valence-corrected chi connectivity index (χ0v) is 32.3. The molecule has 50 heavy (non-hydrogen) atoms. The molecule has 0 unspecified atom stereocenters. The van der Waals surface area contributed by atoms with Crippen LogP contribution in [0.3, 0.4) is 0 Å². The van der Waals surface area contributed by atoms with E-state index in [-0.39, 0.29) is 0 Å². The summed E-state index contributed by atoms with van der Waals surface area (Å²) in [6.07, 6.45) is 13.2. The summed E-state index contributed by atoms with van der Waals surface area (Å²) >= 11 is 0. The number of anilines is 3. The minimum Gasteiger partial charge on any atom is -0.494 e. The van der Waals surface area contributed by atoms with Gasteiger partial charge in [-0.3, -0.25) is 0 Å². The van der Waals surface area contributed by atoms with Crippen LogP contribution in [0.1, 0.15) is 127 Å². The molecule has 6 nitrogen and oxygen atoms in total. The van der Waals surface area contributed by atoms with Crippen LogP contribution in [0.5, 0.6) is 5.75 Å². The molecule has 5 rings (SSSR count). The van der Waals surface area contributed by atoms with Crippen molar-refractivity contribution in [3.05, 3.63) is 72.8 Å². The zero-order chi connectivity index (χ0) is 36.0. The second kappa shape index (κ2) is 16.3. The van der Waals surface area contributed by atoms with Gasteiger partial charge in [-0.05, 0) is 121 Å². The van der Waals surface area contributed by atoms with Gasteiger partial charge in [-0.15, -0.1) is 0 Å². The minimum atomic E-state index is -0.409. The average molecular weight is 682 g/mol. The molecule has 0 aromatic heterocycles. The molecule has 0 N–H and O–H groups in total. The Balaban J connectivity index is 1.26. The van der Waals surface area contributed by atoms with E-state index in [9.17, 15) is 0 Å². The average Bonchev–Trinajstić information content (AvgIpc) is 3.44. The molecule has 0 bridgehead atoms. The van der Waals surface area contributed by atoms with Crippen LogP contribution in [0.15, 0.2) is 72.8 Å². The van der Waals surface area contributed by atoms with Crippen LogP contribution in [0, 0.1) is 0 Å². The van der Waals surface area contributed by atoms with Crippen LogP contribution >= 0.6 is 0 Å². The SMILES string of the molecule is CCCCCCCCCCCCOc1ccc(N(c2ccc(B3OC(C)(C)C(C)(C)O3)cc2)c2ccc(B3OC(C)(C)C(C)(C)O3)cc2)cc1. The van der Waals surface area contributed by atoms with Crippen molar-refractivity contribution in [2.24, 2.45) is 0 Å².